The van der Waals surface area contributed by atoms with Gasteiger partial charge in [0, 0.05) is 12.6 Å². The maximum absolute atomic E-state index is 12.8. The van der Waals surface area contributed by atoms with Crippen molar-refractivity contribution in [1.82, 2.24) is 14.9 Å². The largest absolute Gasteiger partial charge is 0.355 e. The molecule has 2 rings (SSSR count). The van der Waals surface area contributed by atoms with Crippen LogP contribution in [0, 0.1) is 5.92 Å². The van der Waals surface area contributed by atoms with Crippen molar-refractivity contribution in [1.29, 1.82) is 0 Å². The number of para-hydroxylation sites is 1. The smallest absolute Gasteiger partial charge is 0.262 e. The predicted octanol–water partition coefficient (Wildman–Crippen LogP) is 4.40. The lowest BCUT2D eigenvalue weighted by Crippen LogP contribution is -2.31. The molecular formula is C21H31N3O2S. The fraction of sp³-hybridized carbons (Fsp3) is 0.571. The van der Waals surface area contributed by atoms with Gasteiger partial charge in [-0.3, -0.25) is 14.2 Å². The van der Waals surface area contributed by atoms with Gasteiger partial charge in [0.2, 0.25) is 5.91 Å². The number of aromatic nitrogens is 2. The first-order valence-electron chi connectivity index (χ1n) is 9.88. The number of rotatable bonds is 10. The van der Waals surface area contributed by atoms with E-state index in [9.17, 15) is 9.59 Å². The van der Waals surface area contributed by atoms with Crippen molar-refractivity contribution >= 4 is 28.6 Å². The number of benzene rings is 1. The lowest BCUT2D eigenvalue weighted by molar-refractivity contribution is -0.118. The Balaban J connectivity index is 2.06. The van der Waals surface area contributed by atoms with E-state index in [1.807, 2.05) is 32.0 Å². The molecule has 2 aromatic rings. The lowest BCUT2D eigenvalue weighted by atomic mass is 9.99. The molecule has 27 heavy (non-hydrogen) atoms. The number of carbonyl (C=O) groups is 1. The molecule has 0 aliphatic rings. The molecule has 0 fully saturated rings. The van der Waals surface area contributed by atoms with Gasteiger partial charge in [0.25, 0.3) is 5.56 Å². The minimum atomic E-state index is -0.0517. The second kappa shape index (κ2) is 10.5. The van der Waals surface area contributed by atoms with Crippen LogP contribution < -0.4 is 10.9 Å². The maximum Gasteiger partial charge on any atom is 0.262 e. The summed E-state index contributed by atoms with van der Waals surface area (Å²) < 4.78 is 1.68. The van der Waals surface area contributed by atoms with E-state index in [1.54, 1.807) is 10.6 Å². The van der Waals surface area contributed by atoms with Crippen LogP contribution in [-0.2, 0) is 4.79 Å². The monoisotopic (exact) mass is 389 g/mol. The quantitative estimate of drug-likeness (QED) is 0.483. The molecule has 1 amide bonds. The number of unbranched alkanes of at least 4 members (excludes halogenated alkanes) is 1. The fourth-order valence-electron chi connectivity index (χ4n) is 3.07. The lowest BCUT2D eigenvalue weighted by Gasteiger charge is -2.17. The van der Waals surface area contributed by atoms with Gasteiger partial charge >= 0.3 is 0 Å². The minimum absolute atomic E-state index is 0.00679. The van der Waals surface area contributed by atoms with Gasteiger partial charge in [0.15, 0.2) is 5.16 Å². The van der Waals surface area contributed by atoms with Crippen LogP contribution in [0.2, 0.25) is 0 Å². The van der Waals surface area contributed by atoms with Crippen molar-refractivity contribution in [3.63, 3.8) is 0 Å². The highest BCUT2D eigenvalue weighted by atomic mass is 32.2. The van der Waals surface area contributed by atoms with Crippen molar-refractivity contribution in [3.8, 4) is 0 Å². The molecule has 0 unspecified atom stereocenters. The van der Waals surface area contributed by atoms with Gasteiger partial charge in [-0.25, -0.2) is 4.98 Å². The summed E-state index contributed by atoms with van der Waals surface area (Å²) in [7, 11) is 0. The number of hydrogen-bond donors (Lipinski definition) is 1. The average molecular weight is 390 g/mol. The molecule has 148 valence electrons. The van der Waals surface area contributed by atoms with E-state index >= 15 is 0 Å². The van der Waals surface area contributed by atoms with Gasteiger partial charge in [-0.15, -0.1) is 0 Å². The van der Waals surface area contributed by atoms with Crippen molar-refractivity contribution < 1.29 is 4.79 Å². The summed E-state index contributed by atoms with van der Waals surface area (Å²) in [5.41, 5.74) is 0.622. The van der Waals surface area contributed by atoms with Gasteiger partial charge in [0.1, 0.15) is 0 Å². The Kier molecular flexibility index (Phi) is 8.35. The van der Waals surface area contributed by atoms with Gasteiger partial charge in [-0.2, -0.15) is 0 Å². The van der Waals surface area contributed by atoms with Crippen LogP contribution in [0.15, 0.2) is 34.2 Å². The molecule has 5 nitrogen and oxygen atoms in total. The van der Waals surface area contributed by atoms with E-state index in [0.29, 0.717) is 22.0 Å². The van der Waals surface area contributed by atoms with Crippen LogP contribution in [0.3, 0.4) is 0 Å². The maximum atomic E-state index is 12.8. The van der Waals surface area contributed by atoms with E-state index in [1.165, 1.54) is 24.6 Å². The number of hydrogen-bond acceptors (Lipinski definition) is 4. The SMILES string of the molecule is CCCC[C@@H](CC)CNC(=O)CSc1nc2ccccc2c(=O)n1C(C)C. The number of nitrogens with one attached hydrogen (secondary N) is 1. The fourth-order valence-corrected chi connectivity index (χ4v) is 4.02. The van der Waals surface area contributed by atoms with Crippen LogP contribution in [0.5, 0.6) is 0 Å². The zero-order chi connectivity index (χ0) is 19.8. The molecule has 6 heteroatoms. The third-order valence-corrected chi connectivity index (χ3v) is 5.71. The second-order valence-corrected chi connectivity index (χ2v) is 8.13. The van der Waals surface area contributed by atoms with Gasteiger partial charge in [-0.1, -0.05) is 57.0 Å². The summed E-state index contributed by atoms with van der Waals surface area (Å²) in [6, 6.07) is 7.34. The molecule has 1 N–H and O–H groups in total. The van der Waals surface area contributed by atoms with E-state index < -0.39 is 0 Å². The molecular weight excluding hydrogens is 358 g/mol. The van der Waals surface area contributed by atoms with Crippen molar-refractivity contribution in [2.24, 2.45) is 5.92 Å². The molecule has 0 aliphatic heterocycles. The van der Waals surface area contributed by atoms with E-state index in [2.05, 4.69) is 24.1 Å². The molecule has 1 aromatic carbocycles. The van der Waals surface area contributed by atoms with E-state index in [0.717, 1.165) is 19.4 Å². The Morgan fingerprint density at radius 3 is 2.67 bits per heavy atom. The van der Waals surface area contributed by atoms with Crippen LogP contribution in [0.4, 0.5) is 0 Å². The third kappa shape index (κ3) is 5.83. The Hall–Kier alpha value is -1.82. The van der Waals surface area contributed by atoms with E-state index in [4.69, 9.17) is 0 Å². The molecule has 1 heterocycles. The van der Waals surface area contributed by atoms with Crippen LogP contribution >= 0.6 is 11.8 Å². The first-order valence-corrected chi connectivity index (χ1v) is 10.9. The Morgan fingerprint density at radius 2 is 2.00 bits per heavy atom. The van der Waals surface area contributed by atoms with E-state index in [-0.39, 0.29) is 23.3 Å². The molecule has 0 aliphatic carbocycles. The Morgan fingerprint density at radius 1 is 1.26 bits per heavy atom. The summed E-state index contributed by atoms with van der Waals surface area (Å²) in [6.07, 6.45) is 4.61. The summed E-state index contributed by atoms with van der Waals surface area (Å²) in [5, 5.41) is 4.25. The second-order valence-electron chi connectivity index (χ2n) is 7.19. The molecule has 0 saturated carbocycles. The average Bonchev–Trinajstić information content (AvgIpc) is 2.66. The van der Waals surface area contributed by atoms with Crippen molar-refractivity contribution in [2.75, 3.05) is 12.3 Å². The summed E-state index contributed by atoms with van der Waals surface area (Å²) in [4.78, 5) is 29.7. The molecule has 0 bridgehead atoms. The highest BCUT2D eigenvalue weighted by molar-refractivity contribution is 7.99. The molecule has 0 saturated heterocycles. The molecule has 1 aromatic heterocycles. The highest BCUT2D eigenvalue weighted by Crippen LogP contribution is 2.20. The molecule has 0 radical (unpaired) electrons. The number of thioether (sulfide) groups is 1. The first-order chi connectivity index (χ1) is 13.0. The Labute approximate surface area is 166 Å². The number of carbonyl (C=O) groups excluding carboxylic acids is 1. The summed E-state index contributed by atoms with van der Waals surface area (Å²) in [5.74, 6) is 0.793. The van der Waals surface area contributed by atoms with Crippen LogP contribution in [-0.4, -0.2) is 27.8 Å². The molecule has 1 atom stereocenters. The highest BCUT2D eigenvalue weighted by Gasteiger charge is 2.15. The zero-order valence-electron chi connectivity index (χ0n) is 16.8. The first kappa shape index (κ1) is 21.5. The zero-order valence-corrected chi connectivity index (χ0v) is 17.6. The van der Waals surface area contributed by atoms with Crippen LogP contribution in [0.1, 0.15) is 59.4 Å². The topological polar surface area (TPSA) is 64.0 Å². The molecule has 0 spiro atoms. The number of fused-ring (bicyclic) bond motifs is 1. The predicted molar refractivity (Wildman–Crippen MR) is 113 cm³/mol. The summed E-state index contributed by atoms with van der Waals surface area (Å²) in [6.45, 7) is 9.00. The van der Waals surface area contributed by atoms with Crippen molar-refractivity contribution in [2.45, 2.75) is 64.6 Å². The third-order valence-electron chi connectivity index (χ3n) is 4.76. The summed E-state index contributed by atoms with van der Waals surface area (Å²) >= 11 is 1.33. The van der Waals surface area contributed by atoms with Crippen LogP contribution in [0.25, 0.3) is 10.9 Å². The van der Waals surface area contributed by atoms with Gasteiger partial charge in [-0.05, 0) is 38.3 Å². The Bertz CT molecular complexity index is 817. The standard InChI is InChI=1S/C21H31N3O2S/c1-5-7-10-16(6-2)13-22-19(25)14-27-21-23-18-12-9-8-11-17(18)20(26)24(21)15(3)4/h8-9,11-12,15-16H,5-7,10,13-14H2,1-4H3,(H,22,25)/t16-/m1/s1. The van der Waals surface area contributed by atoms with Gasteiger partial charge < -0.3 is 5.32 Å². The minimum Gasteiger partial charge on any atom is -0.355 e. The number of nitrogens with zero attached hydrogens (tertiary/aromatic N) is 2. The number of amides is 1. The van der Waals surface area contributed by atoms with Gasteiger partial charge in [0.05, 0.1) is 16.7 Å². The van der Waals surface area contributed by atoms with Crippen molar-refractivity contribution in [3.05, 3.63) is 34.6 Å². The normalized spacial score (nSPS) is 12.5.